The van der Waals surface area contributed by atoms with E-state index in [0.29, 0.717) is 15.7 Å². The summed E-state index contributed by atoms with van der Waals surface area (Å²) in [5.41, 5.74) is 0.971. The van der Waals surface area contributed by atoms with Crippen LogP contribution in [-0.4, -0.2) is 16.1 Å². The first-order valence-electron chi connectivity index (χ1n) is 5.67. The van der Waals surface area contributed by atoms with Crippen LogP contribution < -0.4 is 5.32 Å². The van der Waals surface area contributed by atoms with Gasteiger partial charge in [-0.15, -0.1) is 0 Å². The minimum absolute atomic E-state index is 0.00877. The van der Waals surface area contributed by atoms with Crippen LogP contribution in [0.4, 0.5) is 10.1 Å². The molecule has 0 saturated heterocycles. The predicted molar refractivity (Wildman–Crippen MR) is 76.6 cm³/mol. The average Bonchev–Trinajstić information content (AvgIpc) is 2.35. The number of hydrogen-bond acceptors (Lipinski definition) is 3. The van der Waals surface area contributed by atoms with E-state index in [-0.39, 0.29) is 17.1 Å². The SMILES string of the molecule is Cc1cc(Br)c(F)cc1NC(=O)c1ccc(O)cc1O. The van der Waals surface area contributed by atoms with Gasteiger partial charge in [0.25, 0.3) is 5.91 Å². The van der Waals surface area contributed by atoms with Crippen LogP contribution >= 0.6 is 15.9 Å². The number of nitrogens with one attached hydrogen (secondary N) is 1. The van der Waals surface area contributed by atoms with Gasteiger partial charge < -0.3 is 15.5 Å². The first kappa shape index (κ1) is 14.3. The largest absolute Gasteiger partial charge is 0.508 e. The molecule has 2 aromatic carbocycles. The zero-order valence-electron chi connectivity index (χ0n) is 10.4. The summed E-state index contributed by atoms with van der Waals surface area (Å²) in [6, 6.07) is 6.36. The lowest BCUT2D eigenvalue weighted by molar-refractivity contribution is 0.102. The number of rotatable bonds is 2. The van der Waals surface area contributed by atoms with E-state index in [9.17, 15) is 19.4 Å². The minimum Gasteiger partial charge on any atom is -0.508 e. The van der Waals surface area contributed by atoms with Gasteiger partial charge in [0.1, 0.15) is 17.3 Å². The van der Waals surface area contributed by atoms with Crippen molar-refractivity contribution in [2.75, 3.05) is 5.32 Å². The Morgan fingerprint density at radius 3 is 2.60 bits per heavy atom. The summed E-state index contributed by atoms with van der Waals surface area (Å²) < 4.78 is 13.8. The number of phenols is 2. The number of carbonyl (C=O) groups is 1. The van der Waals surface area contributed by atoms with E-state index in [0.717, 1.165) is 6.07 Å². The highest BCUT2D eigenvalue weighted by molar-refractivity contribution is 9.10. The van der Waals surface area contributed by atoms with Gasteiger partial charge in [-0.1, -0.05) is 0 Å². The zero-order valence-corrected chi connectivity index (χ0v) is 12.0. The van der Waals surface area contributed by atoms with Crippen molar-refractivity contribution < 1.29 is 19.4 Å². The van der Waals surface area contributed by atoms with Crippen molar-refractivity contribution in [3.8, 4) is 11.5 Å². The molecule has 1 amide bonds. The molecule has 0 aliphatic carbocycles. The normalized spacial score (nSPS) is 10.3. The number of anilines is 1. The summed E-state index contributed by atoms with van der Waals surface area (Å²) in [6.07, 6.45) is 0. The lowest BCUT2D eigenvalue weighted by Crippen LogP contribution is -2.13. The van der Waals surface area contributed by atoms with Crippen LogP contribution in [0.3, 0.4) is 0 Å². The Morgan fingerprint density at radius 2 is 1.95 bits per heavy atom. The van der Waals surface area contributed by atoms with E-state index >= 15 is 0 Å². The third-order valence-corrected chi connectivity index (χ3v) is 3.35. The first-order chi connectivity index (χ1) is 9.38. The number of benzene rings is 2. The zero-order chi connectivity index (χ0) is 14.9. The van der Waals surface area contributed by atoms with E-state index in [1.54, 1.807) is 13.0 Å². The Kier molecular flexibility index (Phi) is 3.94. The fourth-order valence-corrected chi connectivity index (χ4v) is 2.14. The van der Waals surface area contributed by atoms with Crippen LogP contribution in [-0.2, 0) is 0 Å². The second-order valence-corrected chi connectivity index (χ2v) is 5.09. The molecule has 2 rings (SSSR count). The van der Waals surface area contributed by atoms with Crippen molar-refractivity contribution in [1.82, 2.24) is 0 Å². The van der Waals surface area contributed by atoms with Crippen LogP contribution in [0.2, 0.25) is 0 Å². The van der Waals surface area contributed by atoms with Crippen molar-refractivity contribution in [1.29, 1.82) is 0 Å². The van der Waals surface area contributed by atoms with Crippen LogP contribution in [0.15, 0.2) is 34.8 Å². The highest BCUT2D eigenvalue weighted by Gasteiger charge is 2.14. The Morgan fingerprint density at radius 1 is 1.25 bits per heavy atom. The van der Waals surface area contributed by atoms with Gasteiger partial charge in [-0.25, -0.2) is 4.39 Å². The van der Waals surface area contributed by atoms with Crippen molar-refractivity contribution >= 4 is 27.5 Å². The number of aromatic hydroxyl groups is 2. The Hall–Kier alpha value is -2.08. The van der Waals surface area contributed by atoms with Crippen LogP contribution in [0, 0.1) is 12.7 Å². The molecule has 0 unspecified atom stereocenters. The third kappa shape index (κ3) is 2.91. The van der Waals surface area contributed by atoms with Gasteiger partial charge in [0.2, 0.25) is 0 Å². The molecule has 0 fully saturated rings. The highest BCUT2D eigenvalue weighted by atomic mass is 79.9. The molecule has 0 saturated carbocycles. The fourth-order valence-electron chi connectivity index (χ4n) is 1.68. The van der Waals surface area contributed by atoms with Crippen molar-refractivity contribution in [2.24, 2.45) is 0 Å². The molecule has 0 heterocycles. The maximum absolute atomic E-state index is 13.5. The molecule has 0 aromatic heterocycles. The quantitative estimate of drug-likeness (QED) is 0.783. The summed E-state index contributed by atoms with van der Waals surface area (Å²) >= 11 is 3.06. The fraction of sp³-hybridized carbons (Fsp3) is 0.0714. The summed E-state index contributed by atoms with van der Waals surface area (Å²) in [6.45, 7) is 1.72. The van der Waals surface area contributed by atoms with Gasteiger partial charge >= 0.3 is 0 Å². The van der Waals surface area contributed by atoms with E-state index in [1.807, 2.05) is 0 Å². The molecule has 6 heteroatoms. The number of halogens is 2. The van der Waals surface area contributed by atoms with Gasteiger partial charge in [-0.2, -0.15) is 0 Å². The monoisotopic (exact) mass is 339 g/mol. The van der Waals surface area contributed by atoms with Crippen molar-refractivity contribution in [3.05, 3.63) is 51.7 Å². The Balaban J connectivity index is 2.30. The lowest BCUT2D eigenvalue weighted by atomic mass is 10.1. The standard InChI is InChI=1S/C14H11BrFNO3/c1-7-4-10(15)11(16)6-12(7)17-14(20)9-3-2-8(18)5-13(9)19/h2-6,18-19H,1H3,(H,17,20). The molecule has 0 aliphatic heterocycles. The van der Waals surface area contributed by atoms with Crippen molar-refractivity contribution in [2.45, 2.75) is 6.92 Å². The summed E-state index contributed by atoms with van der Waals surface area (Å²) in [5, 5.41) is 21.3. The summed E-state index contributed by atoms with van der Waals surface area (Å²) in [7, 11) is 0. The summed E-state index contributed by atoms with van der Waals surface area (Å²) in [4.78, 5) is 12.0. The van der Waals surface area contributed by atoms with E-state index < -0.39 is 11.7 Å². The molecule has 104 valence electrons. The number of carbonyl (C=O) groups excluding carboxylic acids is 1. The topological polar surface area (TPSA) is 69.6 Å². The van der Waals surface area contributed by atoms with Crippen LogP contribution in [0.25, 0.3) is 0 Å². The van der Waals surface area contributed by atoms with Crippen LogP contribution in [0.5, 0.6) is 11.5 Å². The maximum Gasteiger partial charge on any atom is 0.259 e. The Labute approximate surface area is 123 Å². The predicted octanol–water partition coefficient (Wildman–Crippen LogP) is 3.56. The molecular formula is C14H11BrFNO3. The van der Waals surface area contributed by atoms with Gasteiger partial charge in [-0.05, 0) is 52.7 Å². The molecule has 4 nitrogen and oxygen atoms in total. The smallest absolute Gasteiger partial charge is 0.259 e. The Bertz CT molecular complexity index is 688. The van der Waals surface area contributed by atoms with Gasteiger partial charge in [0, 0.05) is 11.8 Å². The van der Waals surface area contributed by atoms with Crippen LogP contribution in [0.1, 0.15) is 15.9 Å². The number of hydrogen-bond donors (Lipinski definition) is 3. The lowest BCUT2D eigenvalue weighted by Gasteiger charge is -2.10. The molecule has 20 heavy (non-hydrogen) atoms. The first-order valence-corrected chi connectivity index (χ1v) is 6.47. The minimum atomic E-state index is -0.590. The molecule has 0 bridgehead atoms. The molecule has 0 aliphatic rings. The molecule has 0 spiro atoms. The molecule has 3 N–H and O–H groups in total. The number of phenolic OH excluding ortho intramolecular Hbond substituents is 2. The number of amides is 1. The molecular weight excluding hydrogens is 329 g/mol. The maximum atomic E-state index is 13.5. The van der Waals surface area contributed by atoms with Crippen molar-refractivity contribution in [3.63, 3.8) is 0 Å². The molecule has 2 aromatic rings. The third-order valence-electron chi connectivity index (χ3n) is 2.74. The van der Waals surface area contributed by atoms with Gasteiger partial charge in [0.05, 0.1) is 10.0 Å². The molecule has 0 radical (unpaired) electrons. The molecule has 0 atom stereocenters. The van der Waals surface area contributed by atoms with E-state index in [4.69, 9.17) is 0 Å². The highest BCUT2D eigenvalue weighted by Crippen LogP contribution is 2.26. The number of aryl methyl sites for hydroxylation is 1. The van der Waals surface area contributed by atoms with Gasteiger partial charge in [-0.3, -0.25) is 4.79 Å². The van der Waals surface area contributed by atoms with E-state index in [1.165, 1.54) is 18.2 Å². The second kappa shape index (κ2) is 5.50. The summed E-state index contributed by atoms with van der Waals surface area (Å²) in [5.74, 6) is -1.59. The van der Waals surface area contributed by atoms with E-state index in [2.05, 4.69) is 21.2 Å². The second-order valence-electron chi connectivity index (χ2n) is 4.24. The average molecular weight is 340 g/mol. The van der Waals surface area contributed by atoms with Gasteiger partial charge in [0.15, 0.2) is 0 Å².